The van der Waals surface area contributed by atoms with E-state index in [9.17, 15) is 27.6 Å². The number of alkyl halides is 3. The number of aromatic nitrogens is 6. The molecule has 0 spiro atoms. The molecule has 4 aromatic rings. The van der Waals surface area contributed by atoms with E-state index in [2.05, 4.69) is 10.1 Å². The second-order valence-corrected chi connectivity index (χ2v) is 10.5. The lowest BCUT2D eigenvalue weighted by molar-refractivity contribution is -0.139. The van der Waals surface area contributed by atoms with Crippen LogP contribution >= 0.6 is 0 Å². The average Bonchev–Trinajstić information content (AvgIpc) is 3.61. The summed E-state index contributed by atoms with van der Waals surface area (Å²) in [4.78, 5) is 45.1. The molecular formula is C28H32F3N7O3. The number of hydrogen-bond acceptors (Lipinski definition) is 5. The number of benzene rings is 1. The van der Waals surface area contributed by atoms with Crippen LogP contribution in [0.3, 0.4) is 0 Å². The van der Waals surface area contributed by atoms with Crippen molar-refractivity contribution < 1.29 is 18.0 Å². The number of aryl methyl sites for hydroxylation is 2. The number of nitrogens with zero attached hydrogens (tertiary/aromatic N) is 7. The fraction of sp³-hybridized carbons (Fsp3) is 0.464. The van der Waals surface area contributed by atoms with Crippen LogP contribution in [0, 0.1) is 5.92 Å². The lowest BCUT2D eigenvalue weighted by Gasteiger charge is -2.20. The van der Waals surface area contributed by atoms with E-state index in [4.69, 9.17) is 0 Å². The van der Waals surface area contributed by atoms with Crippen LogP contribution in [0.4, 0.5) is 13.2 Å². The Balaban J connectivity index is 1.38. The molecule has 4 heterocycles. The zero-order valence-corrected chi connectivity index (χ0v) is 23.2. The van der Waals surface area contributed by atoms with Crippen molar-refractivity contribution in [2.24, 2.45) is 13.0 Å². The minimum absolute atomic E-state index is 0.0665. The van der Waals surface area contributed by atoms with Gasteiger partial charge in [-0.25, -0.2) is 9.78 Å². The van der Waals surface area contributed by atoms with Crippen LogP contribution in [0.25, 0.3) is 22.6 Å². The lowest BCUT2D eigenvalue weighted by atomic mass is 10.1. The lowest BCUT2D eigenvalue weighted by Crippen LogP contribution is -2.40. The third-order valence-corrected chi connectivity index (χ3v) is 7.45. The van der Waals surface area contributed by atoms with E-state index in [1.165, 1.54) is 32.2 Å². The van der Waals surface area contributed by atoms with Gasteiger partial charge >= 0.3 is 11.9 Å². The molecule has 1 aliphatic heterocycles. The van der Waals surface area contributed by atoms with Gasteiger partial charge in [-0.1, -0.05) is 32.0 Å². The van der Waals surface area contributed by atoms with Crippen LogP contribution in [-0.4, -0.2) is 45.8 Å². The summed E-state index contributed by atoms with van der Waals surface area (Å²) in [6.07, 6.45) is 0.425. The van der Waals surface area contributed by atoms with Crippen LogP contribution in [0.2, 0.25) is 0 Å². The minimum atomic E-state index is -4.49. The highest BCUT2D eigenvalue weighted by Crippen LogP contribution is 2.33. The molecule has 3 aromatic heterocycles. The molecule has 0 saturated carbocycles. The third kappa shape index (κ3) is 5.32. The van der Waals surface area contributed by atoms with Gasteiger partial charge in [-0.3, -0.25) is 23.4 Å². The van der Waals surface area contributed by atoms with Crippen molar-refractivity contribution in [1.29, 1.82) is 0 Å². The van der Waals surface area contributed by atoms with Gasteiger partial charge in [0.2, 0.25) is 5.91 Å². The molecule has 10 nitrogen and oxygen atoms in total. The van der Waals surface area contributed by atoms with Crippen molar-refractivity contribution >= 4 is 17.1 Å². The number of halogens is 3. The Labute approximate surface area is 233 Å². The van der Waals surface area contributed by atoms with Gasteiger partial charge in [-0.2, -0.15) is 18.3 Å². The second kappa shape index (κ2) is 11.0. The zero-order chi connectivity index (χ0) is 29.5. The molecule has 0 bridgehead atoms. The van der Waals surface area contributed by atoms with E-state index in [0.717, 1.165) is 6.07 Å². The summed E-state index contributed by atoms with van der Waals surface area (Å²) in [7, 11) is 1.73. The Kier molecular flexibility index (Phi) is 7.62. The van der Waals surface area contributed by atoms with E-state index < -0.39 is 11.7 Å². The summed E-state index contributed by atoms with van der Waals surface area (Å²) in [6, 6.07) is 5.30. The van der Waals surface area contributed by atoms with Crippen molar-refractivity contribution in [3.63, 3.8) is 0 Å². The number of fused-ring (bicyclic) bond motifs is 1. The fourth-order valence-electron chi connectivity index (χ4n) is 5.58. The third-order valence-electron chi connectivity index (χ3n) is 7.45. The molecular weight excluding hydrogens is 539 g/mol. The first-order valence-corrected chi connectivity index (χ1v) is 13.7. The Bertz CT molecular complexity index is 1710. The van der Waals surface area contributed by atoms with E-state index >= 15 is 0 Å². The van der Waals surface area contributed by atoms with Crippen LogP contribution in [0.15, 0.2) is 46.2 Å². The SMILES string of the molecule is CCCn1c(=O)c2c(nc(-c3cnn(CC4CC(=O)N(Cc5ccccc5C(F)(F)F)C4)c3)n2C)n(CCC)c1=O. The van der Waals surface area contributed by atoms with Crippen molar-refractivity contribution in [1.82, 2.24) is 33.4 Å². The molecule has 1 fully saturated rings. The van der Waals surface area contributed by atoms with Gasteiger partial charge in [0.25, 0.3) is 5.56 Å². The molecule has 5 rings (SSSR count). The number of carbonyl (C=O) groups excluding carboxylic acids is 1. The number of amides is 1. The number of carbonyl (C=O) groups is 1. The van der Waals surface area contributed by atoms with Gasteiger partial charge in [0.05, 0.1) is 17.3 Å². The van der Waals surface area contributed by atoms with Crippen LogP contribution in [-0.2, 0) is 44.2 Å². The molecule has 1 aliphatic rings. The van der Waals surface area contributed by atoms with Gasteiger partial charge in [-0.15, -0.1) is 0 Å². The van der Waals surface area contributed by atoms with E-state index in [1.54, 1.807) is 28.7 Å². The first kappa shape index (κ1) is 28.4. The smallest absolute Gasteiger partial charge is 0.338 e. The highest BCUT2D eigenvalue weighted by molar-refractivity contribution is 5.79. The largest absolute Gasteiger partial charge is 0.416 e. The molecule has 0 N–H and O–H groups in total. The zero-order valence-electron chi connectivity index (χ0n) is 23.2. The molecule has 218 valence electrons. The maximum absolute atomic E-state index is 13.4. The molecule has 1 aromatic carbocycles. The molecule has 1 unspecified atom stereocenters. The van der Waals surface area contributed by atoms with Gasteiger partial charge in [0, 0.05) is 58.3 Å². The Morgan fingerprint density at radius 2 is 1.73 bits per heavy atom. The first-order valence-electron chi connectivity index (χ1n) is 13.7. The predicted molar refractivity (Wildman–Crippen MR) is 146 cm³/mol. The fourth-order valence-corrected chi connectivity index (χ4v) is 5.58. The Hall–Kier alpha value is -4.16. The van der Waals surface area contributed by atoms with Crippen molar-refractivity contribution in [3.05, 3.63) is 68.6 Å². The Morgan fingerprint density at radius 3 is 2.44 bits per heavy atom. The van der Waals surface area contributed by atoms with Gasteiger partial charge in [0.15, 0.2) is 11.2 Å². The summed E-state index contributed by atoms with van der Waals surface area (Å²) in [5.74, 6) is 0.145. The quantitative estimate of drug-likeness (QED) is 0.306. The summed E-state index contributed by atoms with van der Waals surface area (Å²) in [6.45, 7) is 5.19. The summed E-state index contributed by atoms with van der Waals surface area (Å²) in [5.41, 5.74) is -0.121. The van der Waals surface area contributed by atoms with Crippen molar-refractivity contribution in [3.8, 4) is 11.4 Å². The second-order valence-electron chi connectivity index (χ2n) is 10.5. The van der Waals surface area contributed by atoms with E-state index in [1.807, 2.05) is 13.8 Å². The van der Waals surface area contributed by atoms with E-state index in [0.29, 0.717) is 61.6 Å². The molecule has 13 heteroatoms. The Morgan fingerprint density at radius 1 is 1.02 bits per heavy atom. The standard InChI is InChI=1S/C28H32F3N7O3/c1-4-10-37-25-23(26(40)38(11-5-2)27(37)41)34(3)24(33-25)20-13-32-36(17-20)15-18-12-22(39)35(14-18)16-19-8-6-7-9-21(19)28(29,30)31/h6-9,13,17-18H,4-5,10-12,14-16H2,1-3H3. The summed E-state index contributed by atoms with van der Waals surface area (Å²) >= 11 is 0. The monoisotopic (exact) mass is 571 g/mol. The summed E-state index contributed by atoms with van der Waals surface area (Å²) in [5, 5.41) is 4.43. The predicted octanol–water partition coefficient (Wildman–Crippen LogP) is 3.65. The highest BCUT2D eigenvalue weighted by atomic mass is 19.4. The first-order chi connectivity index (χ1) is 19.5. The molecule has 1 atom stereocenters. The number of hydrogen-bond donors (Lipinski definition) is 0. The van der Waals surface area contributed by atoms with Crippen LogP contribution in [0.1, 0.15) is 44.2 Å². The normalized spacial score (nSPS) is 15.9. The highest BCUT2D eigenvalue weighted by Gasteiger charge is 2.36. The van der Waals surface area contributed by atoms with Crippen LogP contribution < -0.4 is 11.2 Å². The van der Waals surface area contributed by atoms with Crippen LogP contribution in [0.5, 0.6) is 0 Å². The van der Waals surface area contributed by atoms with Crippen molar-refractivity contribution in [2.75, 3.05) is 6.54 Å². The maximum atomic E-state index is 13.4. The maximum Gasteiger partial charge on any atom is 0.416 e. The minimum Gasteiger partial charge on any atom is -0.338 e. The topological polar surface area (TPSA) is 99.9 Å². The van der Waals surface area contributed by atoms with Gasteiger partial charge in [0.1, 0.15) is 5.82 Å². The molecule has 0 aliphatic carbocycles. The molecule has 1 amide bonds. The average molecular weight is 572 g/mol. The summed E-state index contributed by atoms with van der Waals surface area (Å²) < 4.78 is 46.4. The molecule has 1 saturated heterocycles. The molecule has 41 heavy (non-hydrogen) atoms. The number of imidazole rings is 1. The number of rotatable bonds is 9. The van der Waals surface area contributed by atoms with Gasteiger partial charge in [-0.05, 0) is 24.5 Å². The molecule has 0 radical (unpaired) electrons. The van der Waals surface area contributed by atoms with Gasteiger partial charge < -0.3 is 9.47 Å². The number of likely N-dealkylation sites (tertiary alicyclic amines) is 1. The van der Waals surface area contributed by atoms with E-state index in [-0.39, 0.29) is 41.6 Å². The van der Waals surface area contributed by atoms with Crippen molar-refractivity contribution in [2.45, 2.75) is 65.5 Å².